The van der Waals surface area contributed by atoms with Crippen molar-refractivity contribution in [3.05, 3.63) is 36.0 Å². The van der Waals surface area contributed by atoms with Gasteiger partial charge >= 0.3 is 6.09 Å². The number of rotatable bonds is 4. The molecule has 1 N–H and O–H groups in total. The van der Waals surface area contributed by atoms with Gasteiger partial charge in [0.1, 0.15) is 18.1 Å². The summed E-state index contributed by atoms with van der Waals surface area (Å²) in [5.74, 6) is -2.66. The smallest absolute Gasteiger partial charge is 0.413 e. The van der Waals surface area contributed by atoms with Crippen molar-refractivity contribution in [2.75, 3.05) is 5.32 Å². The molecule has 144 valence electrons. The molecule has 1 aromatic carbocycles. The van der Waals surface area contributed by atoms with Gasteiger partial charge in [-0.15, -0.1) is 0 Å². The van der Waals surface area contributed by atoms with Gasteiger partial charge in [0, 0.05) is 44.2 Å². The Morgan fingerprint density at radius 2 is 1.93 bits per heavy atom. The van der Waals surface area contributed by atoms with E-state index in [9.17, 15) is 18.0 Å². The summed E-state index contributed by atoms with van der Waals surface area (Å²) in [6, 6.07) is 9.20. The molecule has 0 unspecified atom stereocenters. The average Bonchev–Trinajstić information content (AvgIpc) is 2.88. The van der Waals surface area contributed by atoms with Gasteiger partial charge in [0.05, 0.1) is 5.69 Å². The van der Waals surface area contributed by atoms with Gasteiger partial charge in [-0.1, -0.05) is 30.3 Å². The normalized spacial score (nSPS) is 24.0. The van der Waals surface area contributed by atoms with Crippen LogP contribution in [-0.4, -0.2) is 34.1 Å². The largest absolute Gasteiger partial charge is 0.446 e. The van der Waals surface area contributed by atoms with Crippen molar-refractivity contribution in [3.8, 4) is 11.1 Å². The number of nitrogens with zero attached hydrogens (tertiary/aromatic N) is 2. The van der Waals surface area contributed by atoms with Crippen LogP contribution in [0.4, 0.5) is 23.8 Å². The van der Waals surface area contributed by atoms with Crippen LogP contribution < -0.4 is 5.32 Å². The lowest BCUT2D eigenvalue weighted by Gasteiger charge is -2.34. The Kier molecular flexibility index (Phi) is 4.36. The van der Waals surface area contributed by atoms with Crippen molar-refractivity contribution < 1.29 is 22.7 Å². The first kappa shape index (κ1) is 17.9. The quantitative estimate of drug-likeness (QED) is 0.841. The van der Waals surface area contributed by atoms with Gasteiger partial charge in [-0.2, -0.15) is 5.10 Å². The maximum Gasteiger partial charge on any atom is 0.413 e. The summed E-state index contributed by atoms with van der Waals surface area (Å²) in [5.41, 5.74) is 1.93. The van der Waals surface area contributed by atoms with Crippen molar-refractivity contribution in [3.63, 3.8) is 0 Å². The fourth-order valence-corrected chi connectivity index (χ4v) is 3.59. The van der Waals surface area contributed by atoms with E-state index in [2.05, 4.69) is 10.4 Å². The number of aryl methyl sites for hydroxylation is 1. The topological polar surface area (TPSA) is 56.2 Å². The lowest BCUT2D eigenvalue weighted by molar-refractivity contribution is -0.0875. The number of nitrogens with one attached hydrogen (secondary N) is 1. The molecule has 4 rings (SSSR count). The summed E-state index contributed by atoms with van der Waals surface area (Å²) in [4.78, 5) is 12.2. The van der Waals surface area contributed by atoms with Crippen LogP contribution in [0.15, 0.2) is 30.3 Å². The zero-order valence-corrected chi connectivity index (χ0v) is 14.8. The maximum absolute atomic E-state index is 13.4. The van der Waals surface area contributed by atoms with Crippen molar-refractivity contribution in [2.45, 2.75) is 49.8 Å². The molecule has 1 heterocycles. The van der Waals surface area contributed by atoms with E-state index < -0.39 is 24.3 Å². The third-order valence-electron chi connectivity index (χ3n) is 5.14. The maximum atomic E-state index is 13.4. The van der Waals surface area contributed by atoms with Gasteiger partial charge in [-0.05, 0) is 5.56 Å². The predicted molar refractivity (Wildman–Crippen MR) is 93.6 cm³/mol. The van der Waals surface area contributed by atoms with E-state index in [1.165, 1.54) is 4.68 Å². The van der Waals surface area contributed by atoms with Crippen LogP contribution in [0.1, 0.15) is 37.3 Å². The van der Waals surface area contributed by atoms with Crippen LogP contribution in [0.2, 0.25) is 0 Å². The van der Waals surface area contributed by atoms with Gasteiger partial charge in [0.25, 0.3) is 0 Å². The molecule has 2 saturated carbocycles. The number of hydrogen-bond donors (Lipinski definition) is 1. The van der Waals surface area contributed by atoms with E-state index in [0.717, 1.165) is 5.56 Å². The molecule has 2 aromatic rings. The molecule has 0 radical (unpaired) electrons. The monoisotopic (exact) mass is 379 g/mol. The predicted octanol–water partition coefficient (Wildman–Crippen LogP) is 4.65. The second-order valence-corrected chi connectivity index (χ2v) is 7.28. The van der Waals surface area contributed by atoms with Crippen molar-refractivity contribution >= 4 is 11.9 Å². The lowest BCUT2D eigenvalue weighted by Crippen LogP contribution is -2.36. The number of aromatic nitrogens is 2. The van der Waals surface area contributed by atoms with Crippen LogP contribution in [0.5, 0.6) is 0 Å². The van der Waals surface area contributed by atoms with Crippen molar-refractivity contribution in [2.24, 2.45) is 7.05 Å². The Balaban J connectivity index is 1.62. The van der Waals surface area contributed by atoms with E-state index in [1.807, 2.05) is 30.3 Å². The molecule has 5 nitrogen and oxygen atoms in total. The first-order valence-corrected chi connectivity index (χ1v) is 8.94. The first-order chi connectivity index (χ1) is 12.8. The van der Waals surface area contributed by atoms with E-state index in [-0.39, 0.29) is 31.6 Å². The molecule has 27 heavy (non-hydrogen) atoms. The molecule has 2 fully saturated rings. The highest BCUT2D eigenvalue weighted by atomic mass is 19.3. The summed E-state index contributed by atoms with van der Waals surface area (Å²) in [5, 5.41) is 7.07. The zero-order valence-electron chi connectivity index (χ0n) is 14.8. The van der Waals surface area contributed by atoms with Gasteiger partial charge in [0.15, 0.2) is 0 Å². The van der Waals surface area contributed by atoms with Crippen LogP contribution in [0, 0.1) is 0 Å². The van der Waals surface area contributed by atoms with Crippen LogP contribution in [0.25, 0.3) is 11.1 Å². The summed E-state index contributed by atoms with van der Waals surface area (Å²) in [6.45, 7) is 0. The molecular formula is C19H20F3N3O2. The van der Waals surface area contributed by atoms with E-state index in [0.29, 0.717) is 17.1 Å². The van der Waals surface area contributed by atoms with Crippen LogP contribution in [0.3, 0.4) is 0 Å². The number of alkyl halides is 3. The molecule has 8 heteroatoms. The molecule has 0 bridgehead atoms. The van der Waals surface area contributed by atoms with Crippen LogP contribution in [-0.2, 0) is 11.8 Å². The average molecular weight is 379 g/mol. The summed E-state index contributed by atoms with van der Waals surface area (Å²) in [6.07, 6.45) is -2.16. The SMILES string of the molecule is Cn1nc(C2CC(F)(F)C2)c(-c2ccccc2)c1NC(=O)OC1CC(F)C1. The zero-order chi connectivity index (χ0) is 19.2. The minimum atomic E-state index is -2.67. The highest BCUT2D eigenvalue weighted by Crippen LogP contribution is 2.51. The minimum Gasteiger partial charge on any atom is -0.446 e. The number of halogens is 3. The molecule has 1 amide bonds. The highest BCUT2D eigenvalue weighted by Gasteiger charge is 2.48. The van der Waals surface area contributed by atoms with E-state index in [1.54, 1.807) is 7.05 Å². The summed E-state index contributed by atoms with van der Waals surface area (Å²) in [7, 11) is 1.64. The molecule has 2 aliphatic rings. The number of carbonyl (C=O) groups is 1. The number of amides is 1. The Bertz CT molecular complexity index is 839. The third-order valence-corrected chi connectivity index (χ3v) is 5.14. The molecule has 0 spiro atoms. The molecule has 0 atom stereocenters. The minimum absolute atomic E-state index is 0.201. The fourth-order valence-electron chi connectivity index (χ4n) is 3.59. The Morgan fingerprint density at radius 1 is 1.26 bits per heavy atom. The molecule has 2 aliphatic carbocycles. The molecular weight excluding hydrogens is 359 g/mol. The van der Waals surface area contributed by atoms with Gasteiger partial charge < -0.3 is 4.74 Å². The molecule has 1 aromatic heterocycles. The number of ether oxygens (including phenoxy) is 1. The number of hydrogen-bond acceptors (Lipinski definition) is 3. The van der Waals surface area contributed by atoms with Crippen molar-refractivity contribution in [1.82, 2.24) is 9.78 Å². The number of carbonyl (C=O) groups excluding carboxylic acids is 1. The highest BCUT2D eigenvalue weighted by molar-refractivity contribution is 5.91. The fraction of sp³-hybridized carbons (Fsp3) is 0.474. The second-order valence-electron chi connectivity index (χ2n) is 7.28. The molecule has 0 aliphatic heterocycles. The number of benzene rings is 1. The van der Waals surface area contributed by atoms with E-state index >= 15 is 0 Å². The lowest BCUT2D eigenvalue weighted by atomic mass is 9.77. The van der Waals surface area contributed by atoms with Crippen LogP contribution >= 0.6 is 0 Å². The third kappa shape index (κ3) is 3.52. The second kappa shape index (κ2) is 6.58. The van der Waals surface area contributed by atoms with E-state index in [4.69, 9.17) is 4.74 Å². The van der Waals surface area contributed by atoms with Gasteiger partial charge in [-0.3, -0.25) is 10.00 Å². The number of anilines is 1. The Hall–Kier alpha value is -2.51. The first-order valence-electron chi connectivity index (χ1n) is 8.94. The van der Waals surface area contributed by atoms with Gasteiger partial charge in [-0.25, -0.2) is 18.0 Å². The standard InChI is InChI=1S/C19H20F3N3O2/c1-25-17(23-18(26)27-14-7-13(20)8-14)15(11-5-3-2-4-6-11)16(24-25)12-9-19(21,22)10-12/h2-6,12-14H,7-10H2,1H3,(H,23,26). The van der Waals surface area contributed by atoms with Gasteiger partial charge in [0.2, 0.25) is 5.92 Å². The van der Waals surface area contributed by atoms with Crippen molar-refractivity contribution in [1.29, 1.82) is 0 Å². The summed E-state index contributed by atoms with van der Waals surface area (Å²) < 4.78 is 46.4. The Morgan fingerprint density at radius 3 is 2.52 bits per heavy atom. The molecule has 0 saturated heterocycles. The Labute approximate surface area is 154 Å². The summed E-state index contributed by atoms with van der Waals surface area (Å²) >= 11 is 0.